The zero-order chi connectivity index (χ0) is 19.9. The second kappa shape index (κ2) is 5.76. The van der Waals surface area contributed by atoms with Crippen LogP contribution in [0.2, 0.25) is 0 Å². The number of pyridine rings is 1. The highest BCUT2D eigenvalue weighted by Crippen LogP contribution is 2.56. The predicted octanol–water partition coefficient (Wildman–Crippen LogP) is 3.91. The van der Waals surface area contributed by atoms with Gasteiger partial charge in [0, 0.05) is 25.4 Å². The van der Waals surface area contributed by atoms with E-state index in [1.54, 1.807) is 24.8 Å². The molecule has 1 spiro atoms. The van der Waals surface area contributed by atoms with E-state index < -0.39 is 16.9 Å². The first-order chi connectivity index (χ1) is 13.2. The Morgan fingerprint density at radius 3 is 2.68 bits per heavy atom. The van der Waals surface area contributed by atoms with E-state index in [1.165, 1.54) is 19.3 Å². The fourth-order valence-corrected chi connectivity index (χ4v) is 5.76. The molecular formula is C21H24BrFN4O. The second-order valence-electron chi connectivity index (χ2n) is 9.66. The fraction of sp³-hybridized carbons (Fsp3) is 0.667. The summed E-state index contributed by atoms with van der Waals surface area (Å²) in [5, 5.41) is 10.0. The SMILES string of the molecule is CC1(C)C(=O)N(C2CC(C#N)(N3CCCC4(CC4)C3)C2)c2cc(Br)c(F)nc21. The van der Waals surface area contributed by atoms with E-state index in [9.17, 15) is 14.4 Å². The van der Waals surface area contributed by atoms with Crippen LogP contribution in [0.15, 0.2) is 10.5 Å². The quantitative estimate of drug-likeness (QED) is 0.646. The van der Waals surface area contributed by atoms with Crippen LogP contribution in [-0.4, -0.2) is 40.5 Å². The minimum absolute atomic E-state index is 0.0380. The zero-order valence-electron chi connectivity index (χ0n) is 16.3. The first-order valence-electron chi connectivity index (χ1n) is 10.1. The van der Waals surface area contributed by atoms with Crippen molar-refractivity contribution in [3.05, 3.63) is 22.2 Å². The summed E-state index contributed by atoms with van der Waals surface area (Å²) >= 11 is 3.20. The van der Waals surface area contributed by atoms with Crippen molar-refractivity contribution >= 4 is 27.5 Å². The number of hydrogen-bond donors (Lipinski definition) is 0. The molecule has 5 nitrogen and oxygen atoms in total. The summed E-state index contributed by atoms with van der Waals surface area (Å²) in [5.41, 5.74) is 0.292. The molecule has 2 saturated carbocycles. The number of hydrogen-bond acceptors (Lipinski definition) is 4. The Morgan fingerprint density at radius 1 is 1.32 bits per heavy atom. The monoisotopic (exact) mass is 446 g/mol. The Bertz CT molecular complexity index is 914. The van der Waals surface area contributed by atoms with Crippen molar-refractivity contribution < 1.29 is 9.18 Å². The van der Waals surface area contributed by atoms with Gasteiger partial charge in [-0.1, -0.05) is 0 Å². The topological polar surface area (TPSA) is 60.2 Å². The maximum absolute atomic E-state index is 14.0. The maximum Gasteiger partial charge on any atom is 0.239 e. The highest BCUT2D eigenvalue weighted by atomic mass is 79.9. The van der Waals surface area contributed by atoms with Gasteiger partial charge >= 0.3 is 0 Å². The van der Waals surface area contributed by atoms with E-state index in [0.717, 1.165) is 19.5 Å². The molecule has 2 aliphatic carbocycles. The molecule has 5 rings (SSSR count). The number of piperidine rings is 1. The van der Waals surface area contributed by atoms with E-state index >= 15 is 0 Å². The molecule has 28 heavy (non-hydrogen) atoms. The van der Waals surface area contributed by atoms with E-state index in [2.05, 4.69) is 31.9 Å². The van der Waals surface area contributed by atoms with Crippen LogP contribution in [0.25, 0.3) is 0 Å². The number of anilines is 1. The third-order valence-corrected chi connectivity index (χ3v) is 8.02. The van der Waals surface area contributed by atoms with Crippen LogP contribution in [0, 0.1) is 22.7 Å². The molecule has 0 aromatic carbocycles. The molecule has 0 N–H and O–H groups in total. The number of aromatic nitrogens is 1. The number of rotatable bonds is 2. The van der Waals surface area contributed by atoms with Gasteiger partial charge in [-0.15, -0.1) is 0 Å². The number of carbonyl (C=O) groups is 1. The molecule has 1 aromatic heterocycles. The third kappa shape index (κ3) is 2.43. The smallest absolute Gasteiger partial charge is 0.239 e. The van der Waals surface area contributed by atoms with Gasteiger partial charge in [-0.25, -0.2) is 4.98 Å². The molecule has 3 heterocycles. The minimum atomic E-state index is -0.856. The molecule has 2 aliphatic heterocycles. The van der Waals surface area contributed by atoms with Crippen LogP contribution in [0.1, 0.15) is 58.1 Å². The molecule has 0 radical (unpaired) electrons. The molecule has 3 fully saturated rings. The third-order valence-electron chi connectivity index (χ3n) is 7.46. The number of fused-ring (bicyclic) bond motifs is 1. The van der Waals surface area contributed by atoms with Crippen LogP contribution in [0.3, 0.4) is 0 Å². The Balaban J connectivity index is 1.42. The summed E-state index contributed by atoms with van der Waals surface area (Å²) in [5.74, 6) is -0.647. The van der Waals surface area contributed by atoms with Gasteiger partial charge in [0.25, 0.3) is 0 Å². The summed E-state index contributed by atoms with van der Waals surface area (Å²) in [7, 11) is 0. The molecule has 0 unspecified atom stereocenters. The number of halogens is 2. The lowest BCUT2D eigenvalue weighted by Crippen LogP contribution is -2.65. The van der Waals surface area contributed by atoms with Crippen molar-refractivity contribution in [2.75, 3.05) is 18.0 Å². The van der Waals surface area contributed by atoms with Gasteiger partial charge in [-0.2, -0.15) is 9.65 Å². The lowest BCUT2D eigenvalue weighted by molar-refractivity contribution is -0.123. The molecule has 1 amide bonds. The molecular weight excluding hydrogens is 423 g/mol. The fourth-order valence-electron chi connectivity index (χ4n) is 5.46. The van der Waals surface area contributed by atoms with Crippen molar-refractivity contribution in [2.45, 2.75) is 69.4 Å². The lowest BCUT2D eigenvalue weighted by Gasteiger charge is -2.54. The van der Waals surface area contributed by atoms with Gasteiger partial charge in [-0.3, -0.25) is 9.69 Å². The van der Waals surface area contributed by atoms with Crippen LogP contribution in [0.5, 0.6) is 0 Å². The first-order valence-corrected chi connectivity index (χ1v) is 10.9. The molecule has 148 valence electrons. The largest absolute Gasteiger partial charge is 0.306 e. The van der Waals surface area contributed by atoms with Crippen LogP contribution in [-0.2, 0) is 10.2 Å². The normalized spacial score (nSPS) is 32.8. The molecule has 1 aromatic rings. The maximum atomic E-state index is 14.0. The molecule has 1 saturated heterocycles. The Kier molecular flexibility index (Phi) is 3.81. The van der Waals surface area contributed by atoms with Crippen LogP contribution in [0.4, 0.5) is 10.1 Å². The van der Waals surface area contributed by atoms with Crippen molar-refractivity contribution in [3.8, 4) is 6.07 Å². The number of carbonyl (C=O) groups excluding carboxylic acids is 1. The number of amides is 1. The molecule has 0 bridgehead atoms. The van der Waals surface area contributed by atoms with E-state index in [-0.39, 0.29) is 16.4 Å². The van der Waals surface area contributed by atoms with Crippen molar-refractivity contribution in [1.29, 1.82) is 5.26 Å². The van der Waals surface area contributed by atoms with Gasteiger partial charge in [0.05, 0.1) is 27.3 Å². The standard InChI is InChI=1S/C21H24BrFN4O/c1-19(2)16-15(8-14(22)17(23)25-16)27(18(19)28)13-9-21(10-13,11-24)26-7-3-4-20(12-26)5-6-20/h8,13H,3-7,9-10,12H2,1-2H3. The van der Waals surface area contributed by atoms with Gasteiger partial charge < -0.3 is 4.90 Å². The Labute approximate surface area is 173 Å². The number of nitrogens with zero attached hydrogens (tertiary/aromatic N) is 4. The Morgan fingerprint density at radius 2 is 2.04 bits per heavy atom. The minimum Gasteiger partial charge on any atom is -0.306 e. The second-order valence-corrected chi connectivity index (χ2v) is 10.5. The summed E-state index contributed by atoms with van der Waals surface area (Å²) in [6.07, 6.45) is 6.30. The van der Waals surface area contributed by atoms with Crippen LogP contribution < -0.4 is 4.90 Å². The summed E-state index contributed by atoms with van der Waals surface area (Å²) in [6.45, 7) is 5.58. The predicted molar refractivity (Wildman–Crippen MR) is 106 cm³/mol. The number of likely N-dealkylation sites (tertiary alicyclic amines) is 1. The van der Waals surface area contributed by atoms with Gasteiger partial charge in [-0.05, 0) is 73.5 Å². The van der Waals surface area contributed by atoms with Crippen LogP contribution >= 0.6 is 15.9 Å². The Hall–Kier alpha value is -1.52. The van der Waals surface area contributed by atoms with E-state index in [4.69, 9.17) is 0 Å². The summed E-state index contributed by atoms with van der Waals surface area (Å²) in [4.78, 5) is 21.4. The average molecular weight is 447 g/mol. The molecule has 0 atom stereocenters. The van der Waals surface area contributed by atoms with E-state index in [0.29, 0.717) is 29.6 Å². The van der Waals surface area contributed by atoms with Crippen molar-refractivity contribution in [3.63, 3.8) is 0 Å². The zero-order valence-corrected chi connectivity index (χ0v) is 17.9. The highest BCUT2D eigenvalue weighted by Gasteiger charge is 2.59. The van der Waals surface area contributed by atoms with Crippen molar-refractivity contribution in [1.82, 2.24) is 9.88 Å². The summed E-state index contributed by atoms with van der Waals surface area (Å²) in [6, 6.07) is 4.21. The van der Waals surface area contributed by atoms with E-state index in [1.807, 2.05) is 0 Å². The lowest BCUT2D eigenvalue weighted by atomic mass is 9.70. The molecule has 4 aliphatic rings. The highest BCUT2D eigenvalue weighted by molar-refractivity contribution is 9.10. The molecule has 7 heteroatoms. The van der Waals surface area contributed by atoms with Gasteiger partial charge in [0.15, 0.2) is 0 Å². The van der Waals surface area contributed by atoms with Crippen molar-refractivity contribution in [2.24, 2.45) is 5.41 Å². The van der Waals surface area contributed by atoms with Gasteiger partial charge in [0.2, 0.25) is 11.9 Å². The number of nitriles is 1. The first kappa shape index (κ1) is 18.5. The summed E-state index contributed by atoms with van der Waals surface area (Å²) < 4.78 is 14.3. The average Bonchev–Trinajstić information content (AvgIpc) is 3.34. The van der Waals surface area contributed by atoms with Gasteiger partial charge in [0.1, 0.15) is 5.54 Å².